The molecule has 0 radical (unpaired) electrons. The Balaban J connectivity index is 0.000000144. The highest BCUT2D eigenvalue weighted by molar-refractivity contribution is 6.20. The SMILES string of the molecule is CC1(C)c2ccccc2-c2ccc(N(c3ccccc3)c3ccc(-c4ccc(-n5c(-c6ccccc6)c6c7c(cccc75)-c5ccccc5-c5ccccc5-6)cc4)cc3)cc21.c1ccc(-c2c3c4c(cccc4n2-c2ccc(-c4ccc(N(c5ccccc5)c5ccccc5)cc4)cc2)-c2ccccc2-c2ccccc2-3)cc1. The fourth-order valence-corrected chi connectivity index (χ4v) is 18.4. The fraction of sp³-hybridized carbons (Fsp3) is 0.0275. The monoisotopic (exact) mass is 1440 g/mol. The van der Waals surface area contributed by atoms with Crippen molar-refractivity contribution in [3.63, 3.8) is 0 Å². The van der Waals surface area contributed by atoms with Gasteiger partial charge in [0.1, 0.15) is 0 Å². The number of rotatable bonds is 12. The number of hydrogen-bond donors (Lipinski definition) is 0. The molecule has 0 bridgehead atoms. The lowest BCUT2D eigenvalue weighted by Gasteiger charge is -2.28. The fourth-order valence-electron chi connectivity index (χ4n) is 18.4. The summed E-state index contributed by atoms with van der Waals surface area (Å²) in [5.74, 6) is 0. The minimum Gasteiger partial charge on any atom is -0.311 e. The van der Waals surface area contributed by atoms with Gasteiger partial charge in [0, 0.05) is 72.8 Å². The second kappa shape index (κ2) is 27.5. The summed E-state index contributed by atoms with van der Waals surface area (Å²) < 4.78 is 4.95. The van der Waals surface area contributed by atoms with E-state index in [1.165, 1.54) is 156 Å². The van der Waals surface area contributed by atoms with E-state index in [2.05, 4.69) is 457 Å². The van der Waals surface area contributed by atoms with Crippen LogP contribution in [0.2, 0.25) is 0 Å². The van der Waals surface area contributed by atoms with E-state index < -0.39 is 0 Å². The van der Waals surface area contributed by atoms with Crippen LogP contribution in [0.3, 0.4) is 0 Å². The van der Waals surface area contributed by atoms with Crippen molar-refractivity contribution in [2.24, 2.45) is 0 Å². The van der Waals surface area contributed by atoms with Crippen LogP contribution in [0.25, 0.3) is 156 Å². The van der Waals surface area contributed by atoms with Gasteiger partial charge < -0.3 is 18.9 Å². The minimum absolute atomic E-state index is 0.0790. The van der Waals surface area contributed by atoms with Gasteiger partial charge >= 0.3 is 0 Å². The third-order valence-electron chi connectivity index (χ3n) is 23.5. The van der Waals surface area contributed by atoms with Gasteiger partial charge in [0.05, 0.1) is 22.4 Å². The minimum atomic E-state index is -0.0790. The molecule has 22 rings (SSSR count). The van der Waals surface area contributed by atoms with Crippen LogP contribution in [0.4, 0.5) is 34.1 Å². The molecule has 2 heterocycles. The van der Waals surface area contributed by atoms with Crippen molar-refractivity contribution in [3.05, 3.63) is 436 Å². The third-order valence-corrected chi connectivity index (χ3v) is 23.5. The van der Waals surface area contributed by atoms with E-state index in [0.717, 1.165) is 45.5 Å². The first-order valence-corrected chi connectivity index (χ1v) is 39.1. The summed E-state index contributed by atoms with van der Waals surface area (Å²) in [7, 11) is 0. The molecule has 2 aromatic heterocycles. The Morgan fingerprint density at radius 2 is 0.469 bits per heavy atom. The summed E-state index contributed by atoms with van der Waals surface area (Å²) in [5.41, 5.74) is 41.6. The van der Waals surface area contributed by atoms with Gasteiger partial charge in [-0.05, 0) is 220 Å². The zero-order valence-electron chi connectivity index (χ0n) is 62.7. The average molecular weight is 1440 g/mol. The molecule has 0 spiro atoms. The van der Waals surface area contributed by atoms with Crippen molar-refractivity contribution in [2.45, 2.75) is 19.3 Å². The van der Waals surface area contributed by atoms with Gasteiger partial charge in [0.2, 0.25) is 0 Å². The average Bonchev–Trinajstić information content (AvgIpc) is 1.56. The highest BCUT2D eigenvalue weighted by Crippen LogP contribution is 2.57. The van der Waals surface area contributed by atoms with E-state index >= 15 is 0 Å². The van der Waals surface area contributed by atoms with Crippen LogP contribution in [0.1, 0.15) is 25.0 Å². The smallest absolute Gasteiger partial charge is 0.0619 e. The van der Waals surface area contributed by atoms with Gasteiger partial charge in [0.25, 0.3) is 0 Å². The van der Waals surface area contributed by atoms with Crippen LogP contribution in [0.5, 0.6) is 0 Å². The number of aromatic nitrogens is 2. The van der Waals surface area contributed by atoms with Gasteiger partial charge in [-0.2, -0.15) is 0 Å². The van der Waals surface area contributed by atoms with Crippen molar-refractivity contribution in [1.82, 2.24) is 9.13 Å². The zero-order valence-corrected chi connectivity index (χ0v) is 62.7. The summed E-state index contributed by atoms with van der Waals surface area (Å²) in [6, 6.07) is 155. The molecule has 0 saturated carbocycles. The second-order valence-corrected chi connectivity index (χ2v) is 30.2. The van der Waals surface area contributed by atoms with E-state index in [-0.39, 0.29) is 5.41 Å². The van der Waals surface area contributed by atoms with Crippen LogP contribution in [-0.4, -0.2) is 9.13 Å². The number of nitrogens with zero attached hydrogens (tertiary/aromatic N) is 4. The zero-order chi connectivity index (χ0) is 75.1. The van der Waals surface area contributed by atoms with Gasteiger partial charge in [-0.15, -0.1) is 0 Å². The molecule has 113 heavy (non-hydrogen) atoms. The molecule has 0 unspecified atom stereocenters. The summed E-state index contributed by atoms with van der Waals surface area (Å²) >= 11 is 0. The molecule has 3 aliphatic rings. The lowest BCUT2D eigenvalue weighted by Crippen LogP contribution is -2.16. The van der Waals surface area contributed by atoms with E-state index in [1.807, 2.05) is 0 Å². The van der Waals surface area contributed by atoms with Crippen LogP contribution in [0, 0.1) is 0 Å². The lowest BCUT2D eigenvalue weighted by atomic mass is 9.82. The molecule has 0 saturated heterocycles. The first kappa shape index (κ1) is 66.6. The number of para-hydroxylation sites is 3. The predicted molar refractivity (Wildman–Crippen MR) is 475 cm³/mol. The van der Waals surface area contributed by atoms with Crippen molar-refractivity contribution in [3.8, 4) is 134 Å². The molecule has 0 atom stereocenters. The highest BCUT2D eigenvalue weighted by Gasteiger charge is 2.37. The Morgan fingerprint density at radius 1 is 0.195 bits per heavy atom. The first-order chi connectivity index (χ1) is 55.9. The molecule has 0 fully saturated rings. The molecule has 0 aliphatic heterocycles. The molecule has 0 N–H and O–H groups in total. The Labute approximate surface area is 659 Å². The third kappa shape index (κ3) is 11.2. The lowest BCUT2D eigenvalue weighted by molar-refractivity contribution is 0.660. The van der Waals surface area contributed by atoms with Gasteiger partial charge in [-0.25, -0.2) is 0 Å². The van der Waals surface area contributed by atoms with Crippen molar-refractivity contribution >= 4 is 55.9 Å². The maximum Gasteiger partial charge on any atom is 0.0619 e. The summed E-state index contributed by atoms with van der Waals surface area (Å²) in [6.07, 6.45) is 0. The molecular formula is C109H76N4. The Morgan fingerprint density at radius 3 is 0.858 bits per heavy atom. The normalized spacial score (nSPS) is 12.2. The van der Waals surface area contributed by atoms with Crippen LogP contribution >= 0.6 is 0 Å². The van der Waals surface area contributed by atoms with E-state index in [9.17, 15) is 0 Å². The van der Waals surface area contributed by atoms with Crippen LogP contribution in [0.15, 0.2) is 425 Å². The molecule has 0 amide bonds. The maximum absolute atomic E-state index is 2.48. The molecule has 4 heteroatoms. The van der Waals surface area contributed by atoms with Crippen molar-refractivity contribution < 1.29 is 0 Å². The van der Waals surface area contributed by atoms with Crippen molar-refractivity contribution in [1.29, 1.82) is 0 Å². The number of benzene rings is 17. The Hall–Kier alpha value is -14.6. The van der Waals surface area contributed by atoms with Gasteiger partial charge in [0.15, 0.2) is 0 Å². The van der Waals surface area contributed by atoms with Crippen LogP contribution in [-0.2, 0) is 5.41 Å². The Bertz CT molecular complexity index is 6780. The largest absolute Gasteiger partial charge is 0.311 e. The van der Waals surface area contributed by atoms with E-state index in [4.69, 9.17) is 0 Å². The Kier molecular flexibility index (Phi) is 16.2. The molecule has 3 aliphatic carbocycles. The summed E-state index contributed by atoms with van der Waals surface area (Å²) in [4.78, 5) is 4.68. The number of anilines is 6. The van der Waals surface area contributed by atoms with Gasteiger partial charge in [-0.3, -0.25) is 0 Å². The van der Waals surface area contributed by atoms with E-state index in [0.29, 0.717) is 0 Å². The number of fused-ring (bicyclic) bond motifs is 13. The standard InChI is InChI=1S/C59H42N2.C50H34N2/c1-59(2)53-26-14-13-23-49(53)50-37-36-45(38-54(50)59)60(42-18-7-4-8-19-42)43-32-28-39(29-33-43)40-30-34-44(35-31-40)61-55-27-15-25-51-47-21-10-9-20-46(47)48-22-11-12-24-52(48)57(56(51)55)58(61)41-16-5-3-6-17-41;1-4-15-37(16-5-1)50-49-46-24-13-12-23-44(46)42-21-10-11-22-43(42)45-25-14-26-47(48(45)49)52(50)41-33-29-36(30-34-41)35-27-31-40(32-28-35)51(38-17-6-2-7-18-38)39-19-8-3-9-20-39/h3-38H,1-2H3;1-34H. The first-order valence-electron chi connectivity index (χ1n) is 39.1. The molecule has 17 aromatic carbocycles. The molecule has 532 valence electrons. The topological polar surface area (TPSA) is 16.3 Å². The predicted octanol–water partition coefficient (Wildman–Crippen LogP) is 29.8. The quantitative estimate of drug-likeness (QED) is 0.121. The maximum atomic E-state index is 2.48. The second-order valence-electron chi connectivity index (χ2n) is 30.2. The van der Waals surface area contributed by atoms with Crippen LogP contribution < -0.4 is 9.80 Å². The molecule has 4 nitrogen and oxygen atoms in total. The highest BCUT2D eigenvalue weighted by atomic mass is 15.1. The van der Waals surface area contributed by atoms with Gasteiger partial charge in [-0.1, -0.05) is 329 Å². The molecular weight excluding hydrogens is 1370 g/mol. The summed E-state index contributed by atoms with van der Waals surface area (Å²) in [6.45, 7) is 4.70. The number of hydrogen-bond acceptors (Lipinski definition) is 2. The van der Waals surface area contributed by atoms with Crippen molar-refractivity contribution in [2.75, 3.05) is 9.80 Å². The molecule has 19 aromatic rings. The van der Waals surface area contributed by atoms with E-state index in [1.54, 1.807) is 0 Å². The summed E-state index contributed by atoms with van der Waals surface area (Å²) in [5, 5.41) is 2.58.